The lowest BCUT2D eigenvalue weighted by Crippen LogP contribution is -2.37. The van der Waals surface area contributed by atoms with Crippen LogP contribution in [0.3, 0.4) is 0 Å². The third kappa shape index (κ3) is 2.41. The number of nitrogens with zero attached hydrogens (tertiary/aromatic N) is 4. The molecule has 0 bridgehead atoms. The zero-order chi connectivity index (χ0) is 12.4. The summed E-state index contributed by atoms with van der Waals surface area (Å²) in [5.41, 5.74) is 1.08. The minimum atomic E-state index is 0.459. The van der Waals surface area contributed by atoms with E-state index in [-0.39, 0.29) is 0 Å². The van der Waals surface area contributed by atoms with E-state index in [0.717, 1.165) is 43.3 Å². The Morgan fingerprint density at radius 1 is 1.44 bits per heavy atom. The van der Waals surface area contributed by atoms with Crippen LogP contribution >= 0.6 is 0 Å². The predicted octanol–water partition coefficient (Wildman–Crippen LogP) is 1.09. The second-order valence-corrected chi connectivity index (χ2v) is 4.69. The smallest absolute Gasteiger partial charge is 0.147 e. The van der Waals surface area contributed by atoms with Gasteiger partial charge in [-0.3, -0.25) is 4.98 Å². The number of aromatic nitrogens is 4. The van der Waals surface area contributed by atoms with E-state index in [4.69, 9.17) is 0 Å². The second-order valence-electron chi connectivity index (χ2n) is 4.69. The minimum absolute atomic E-state index is 0.459. The van der Waals surface area contributed by atoms with Gasteiger partial charge in [-0.2, -0.15) is 5.10 Å². The molecule has 1 unspecified atom stereocenters. The van der Waals surface area contributed by atoms with Crippen LogP contribution in [0.15, 0.2) is 24.4 Å². The summed E-state index contributed by atoms with van der Waals surface area (Å²) in [7, 11) is 0. The summed E-state index contributed by atoms with van der Waals surface area (Å²) in [5.74, 6) is 1.98. The van der Waals surface area contributed by atoms with Gasteiger partial charge in [0.25, 0.3) is 0 Å². The first-order valence-electron chi connectivity index (χ1n) is 6.35. The highest BCUT2D eigenvalue weighted by Gasteiger charge is 2.20. The number of pyridine rings is 1. The molecule has 0 saturated heterocycles. The number of nitrogens with one attached hydrogen (secondary N) is 1. The molecule has 0 amide bonds. The Bertz CT molecular complexity index is 519. The zero-order valence-corrected chi connectivity index (χ0v) is 10.5. The Morgan fingerprint density at radius 3 is 3.22 bits per heavy atom. The summed E-state index contributed by atoms with van der Waals surface area (Å²) in [6.07, 6.45) is 3.95. The van der Waals surface area contributed by atoms with Gasteiger partial charge in [0.05, 0.1) is 12.2 Å². The molecule has 0 aliphatic carbocycles. The third-order valence-electron chi connectivity index (χ3n) is 3.26. The molecular weight excluding hydrogens is 226 g/mol. The van der Waals surface area contributed by atoms with Crippen LogP contribution in [0.25, 0.3) is 0 Å². The van der Waals surface area contributed by atoms with Crippen molar-refractivity contribution in [2.75, 3.05) is 0 Å². The molecular formula is C13H17N5. The van der Waals surface area contributed by atoms with Gasteiger partial charge in [0.1, 0.15) is 11.6 Å². The van der Waals surface area contributed by atoms with E-state index < -0.39 is 0 Å². The normalized spacial score (nSPS) is 18.6. The lowest BCUT2D eigenvalue weighted by atomic mass is 10.1. The van der Waals surface area contributed by atoms with E-state index in [0.29, 0.717) is 6.04 Å². The first-order chi connectivity index (χ1) is 8.81. The number of aryl methyl sites for hydroxylation is 2. The van der Waals surface area contributed by atoms with Crippen LogP contribution in [0.5, 0.6) is 0 Å². The van der Waals surface area contributed by atoms with Crippen molar-refractivity contribution < 1.29 is 0 Å². The molecule has 5 heteroatoms. The summed E-state index contributed by atoms with van der Waals surface area (Å²) in [5, 5.41) is 7.94. The van der Waals surface area contributed by atoms with Crippen LogP contribution in [0.4, 0.5) is 0 Å². The molecule has 1 atom stereocenters. The van der Waals surface area contributed by atoms with E-state index in [1.54, 1.807) is 0 Å². The van der Waals surface area contributed by atoms with Gasteiger partial charge in [-0.15, -0.1) is 0 Å². The van der Waals surface area contributed by atoms with Crippen LogP contribution in [-0.4, -0.2) is 25.8 Å². The molecule has 1 N–H and O–H groups in total. The molecule has 0 fully saturated rings. The van der Waals surface area contributed by atoms with Crippen molar-refractivity contribution in [1.29, 1.82) is 0 Å². The van der Waals surface area contributed by atoms with E-state index >= 15 is 0 Å². The molecule has 0 radical (unpaired) electrons. The Kier molecular flexibility index (Phi) is 3.06. The van der Waals surface area contributed by atoms with Gasteiger partial charge in [-0.05, 0) is 25.5 Å². The summed E-state index contributed by atoms with van der Waals surface area (Å²) in [6.45, 7) is 3.67. The largest absolute Gasteiger partial charge is 0.307 e. The molecule has 1 aliphatic rings. The molecule has 2 aromatic rings. The lowest BCUT2D eigenvalue weighted by Gasteiger charge is -2.23. The van der Waals surface area contributed by atoms with Gasteiger partial charge in [0, 0.05) is 25.2 Å². The predicted molar refractivity (Wildman–Crippen MR) is 67.9 cm³/mol. The third-order valence-corrected chi connectivity index (χ3v) is 3.26. The molecule has 1 aliphatic heterocycles. The van der Waals surface area contributed by atoms with E-state index in [9.17, 15) is 0 Å². The second kappa shape index (κ2) is 4.86. The highest BCUT2D eigenvalue weighted by atomic mass is 15.4. The Hall–Kier alpha value is -1.75. The van der Waals surface area contributed by atoms with E-state index in [1.165, 1.54) is 0 Å². The highest BCUT2D eigenvalue weighted by Crippen LogP contribution is 2.13. The molecule has 0 saturated carbocycles. The fourth-order valence-electron chi connectivity index (χ4n) is 2.35. The van der Waals surface area contributed by atoms with Crippen molar-refractivity contribution in [3.8, 4) is 0 Å². The van der Waals surface area contributed by atoms with Crippen LogP contribution in [-0.2, 0) is 19.5 Å². The average Bonchev–Trinajstić information content (AvgIpc) is 2.77. The summed E-state index contributed by atoms with van der Waals surface area (Å²) >= 11 is 0. The van der Waals surface area contributed by atoms with Gasteiger partial charge in [-0.1, -0.05) is 6.07 Å². The molecule has 0 aromatic carbocycles. The van der Waals surface area contributed by atoms with E-state index in [1.807, 2.05) is 36.0 Å². The van der Waals surface area contributed by atoms with Crippen molar-refractivity contribution in [2.24, 2.45) is 0 Å². The summed E-state index contributed by atoms with van der Waals surface area (Å²) in [6, 6.07) is 6.46. The molecule has 0 spiro atoms. The average molecular weight is 243 g/mol. The van der Waals surface area contributed by atoms with Crippen molar-refractivity contribution in [3.05, 3.63) is 41.7 Å². The topological polar surface area (TPSA) is 55.6 Å². The fourth-order valence-corrected chi connectivity index (χ4v) is 2.35. The van der Waals surface area contributed by atoms with Crippen LogP contribution in [0.1, 0.15) is 23.8 Å². The SMILES string of the molecule is Cc1nc2n(n1)CC(NCc1ccccn1)CC2. The van der Waals surface area contributed by atoms with Gasteiger partial charge in [0.15, 0.2) is 0 Å². The maximum Gasteiger partial charge on any atom is 0.147 e. The first kappa shape index (κ1) is 11.3. The van der Waals surface area contributed by atoms with Gasteiger partial charge in [0.2, 0.25) is 0 Å². The van der Waals surface area contributed by atoms with Crippen molar-refractivity contribution >= 4 is 0 Å². The number of hydrogen-bond acceptors (Lipinski definition) is 4. The standard InChI is InChI=1S/C13H17N5/c1-10-16-13-6-5-12(9-18(13)17-10)15-8-11-4-2-3-7-14-11/h2-4,7,12,15H,5-6,8-9H2,1H3. The van der Waals surface area contributed by atoms with Gasteiger partial charge < -0.3 is 5.32 Å². The maximum atomic E-state index is 4.42. The van der Waals surface area contributed by atoms with Crippen LogP contribution in [0.2, 0.25) is 0 Å². The van der Waals surface area contributed by atoms with Crippen molar-refractivity contribution in [2.45, 2.75) is 38.9 Å². The van der Waals surface area contributed by atoms with E-state index in [2.05, 4.69) is 20.4 Å². The first-order valence-corrected chi connectivity index (χ1v) is 6.35. The lowest BCUT2D eigenvalue weighted by molar-refractivity contribution is 0.356. The maximum absolute atomic E-state index is 4.42. The fraction of sp³-hybridized carbons (Fsp3) is 0.462. The Labute approximate surface area is 106 Å². The molecule has 94 valence electrons. The summed E-state index contributed by atoms with van der Waals surface area (Å²) in [4.78, 5) is 8.73. The molecule has 2 aromatic heterocycles. The molecule has 18 heavy (non-hydrogen) atoms. The monoisotopic (exact) mass is 243 g/mol. The number of fused-ring (bicyclic) bond motifs is 1. The molecule has 3 heterocycles. The van der Waals surface area contributed by atoms with Gasteiger partial charge in [-0.25, -0.2) is 9.67 Å². The number of hydrogen-bond donors (Lipinski definition) is 1. The molecule has 5 nitrogen and oxygen atoms in total. The zero-order valence-electron chi connectivity index (χ0n) is 10.5. The van der Waals surface area contributed by atoms with Gasteiger partial charge >= 0.3 is 0 Å². The Balaban J connectivity index is 1.60. The van der Waals surface area contributed by atoms with Crippen LogP contribution < -0.4 is 5.32 Å². The quantitative estimate of drug-likeness (QED) is 0.876. The minimum Gasteiger partial charge on any atom is -0.307 e. The number of rotatable bonds is 3. The highest BCUT2D eigenvalue weighted by molar-refractivity contribution is 5.03. The van der Waals surface area contributed by atoms with Crippen molar-refractivity contribution in [1.82, 2.24) is 25.1 Å². The van der Waals surface area contributed by atoms with Crippen molar-refractivity contribution in [3.63, 3.8) is 0 Å². The van der Waals surface area contributed by atoms with Crippen LogP contribution in [0, 0.1) is 6.92 Å². The molecule has 3 rings (SSSR count). The summed E-state index contributed by atoms with van der Waals surface area (Å²) < 4.78 is 2.02. The Morgan fingerprint density at radius 2 is 2.39 bits per heavy atom.